The zero-order chi connectivity index (χ0) is 16.0. The standard InChI is InChI=1S/C15H27N3O2S/c1-10(19)8-15(4,5)9-17-14(20)16-7-6-13-11(2)18-12(3)21-13/h10,19H,6-9H2,1-5H3,(H2,16,17,20). The van der Waals surface area contributed by atoms with Crippen LogP contribution >= 0.6 is 11.3 Å². The number of amides is 2. The van der Waals surface area contributed by atoms with Crippen molar-refractivity contribution >= 4 is 17.4 Å². The van der Waals surface area contributed by atoms with E-state index in [1.807, 2.05) is 27.7 Å². The maximum absolute atomic E-state index is 11.8. The van der Waals surface area contributed by atoms with Gasteiger partial charge >= 0.3 is 6.03 Å². The average Bonchev–Trinajstić information content (AvgIpc) is 2.64. The van der Waals surface area contributed by atoms with E-state index >= 15 is 0 Å². The van der Waals surface area contributed by atoms with E-state index in [1.54, 1.807) is 18.3 Å². The molecule has 2 amide bonds. The van der Waals surface area contributed by atoms with Crippen LogP contribution in [0.25, 0.3) is 0 Å². The van der Waals surface area contributed by atoms with Gasteiger partial charge in [-0.15, -0.1) is 11.3 Å². The molecule has 1 aromatic rings. The van der Waals surface area contributed by atoms with Gasteiger partial charge in [0, 0.05) is 24.4 Å². The lowest BCUT2D eigenvalue weighted by atomic mass is 9.87. The first kappa shape index (κ1) is 17.9. The summed E-state index contributed by atoms with van der Waals surface area (Å²) in [5.74, 6) is 0. The molecule has 0 spiro atoms. The Morgan fingerprint density at radius 2 is 2.05 bits per heavy atom. The number of rotatable bonds is 7. The van der Waals surface area contributed by atoms with Crippen LogP contribution in [-0.2, 0) is 6.42 Å². The van der Waals surface area contributed by atoms with Crippen LogP contribution in [0.2, 0.25) is 0 Å². The summed E-state index contributed by atoms with van der Waals surface area (Å²) in [4.78, 5) is 17.4. The Morgan fingerprint density at radius 1 is 1.38 bits per heavy atom. The normalized spacial score (nSPS) is 13.0. The number of carbonyl (C=O) groups is 1. The van der Waals surface area contributed by atoms with Crippen LogP contribution in [0.3, 0.4) is 0 Å². The van der Waals surface area contributed by atoms with Crippen LogP contribution in [-0.4, -0.2) is 35.3 Å². The van der Waals surface area contributed by atoms with Crippen molar-refractivity contribution in [1.82, 2.24) is 15.6 Å². The lowest BCUT2D eigenvalue weighted by Crippen LogP contribution is -2.42. The molecule has 0 saturated carbocycles. The van der Waals surface area contributed by atoms with Gasteiger partial charge in [0.05, 0.1) is 16.8 Å². The third-order valence-corrected chi connectivity index (χ3v) is 4.35. The molecule has 1 unspecified atom stereocenters. The topological polar surface area (TPSA) is 74.2 Å². The summed E-state index contributed by atoms with van der Waals surface area (Å²) in [7, 11) is 0. The van der Waals surface area contributed by atoms with Crippen molar-refractivity contribution in [3.8, 4) is 0 Å². The summed E-state index contributed by atoms with van der Waals surface area (Å²) in [5, 5.41) is 16.2. The Labute approximate surface area is 131 Å². The Bertz CT molecular complexity index is 469. The smallest absolute Gasteiger partial charge is 0.314 e. The number of nitrogens with zero attached hydrogens (tertiary/aromatic N) is 1. The van der Waals surface area contributed by atoms with Gasteiger partial charge in [-0.25, -0.2) is 9.78 Å². The lowest BCUT2D eigenvalue weighted by molar-refractivity contribution is 0.129. The number of urea groups is 1. The van der Waals surface area contributed by atoms with Crippen LogP contribution in [0.5, 0.6) is 0 Å². The third-order valence-electron chi connectivity index (χ3n) is 3.21. The quantitative estimate of drug-likeness (QED) is 0.723. The molecule has 3 N–H and O–H groups in total. The Morgan fingerprint density at radius 3 is 2.57 bits per heavy atom. The first-order valence-corrected chi connectivity index (χ1v) is 8.14. The molecule has 6 heteroatoms. The zero-order valence-corrected chi connectivity index (χ0v) is 14.4. The van der Waals surface area contributed by atoms with E-state index in [-0.39, 0.29) is 17.6 Å². The number of hydrogen-bond acceptors (Lipinski definition) is 4. The van der Waals surface area contributed by atoms with Gasteiger partial charge in [0.2, 0.25) is 0 Å². The zero-order valence-electron chi connectivity index (χ0n) is 13.6. The van der Waals surface area contributed by atoms with Crippen molar-refractivity contribution in [2.45, 2.75) is 53.6 Å². The van der Waals surface area contributed by atoms with E-state index in [1.165, 1.54) is 4.88 Å². The molecule has 0 aromatic carbocycles. The second-order valence-electron chi connectivity index (χ2n) is 6.32. The van der Waals surface area contributed by atoms with Crippen LogP contribution in [0.4, 0.5) is 4.79 Å². The highest BCUT2D eigenvalue weighted by molar-refractivity contribution is 7.11. The van der Waals surface area contributed by atoms with Crippen molar-refractivity contribution in [2.75, 3.05) is 13.1 Å². The molecule has 0 radical (unpaired) electrons. The van der Waals surface area contributed by atoms with Crippen molar-refractivity contribution in [3.63, 3.8) is 0 Å². The van der Waals surface area contributed by atoms with Crippen LogP contribution in [0, 0.1) is 19.3 Å². The van der Waals surface area contributed by atoms with Crippen molar-refractivity contribution in [1.29, 1.82) is 0 Å². The molecule has 21 heavy (non-hydrogen) atoms. The highest BCUT2D eigenvalue weighted by atomic mass is 32.1. The molecule has 0 aliphatic rings. The molecule has 5 nitrogen and oxygen atoms in total. The minimum Gasteiger partial charge on any atom is -0.393 e. The number of aryl methyl sites for hydroxylation is 2. The predicted octanol–water partition coefficient (Wildman–Crippen LogP) is 2.40. The fourth-order valence-electron chi connectivity index (χ4n) is 2.35. The summed E-state index contributed by atoms with van der Waals surface area (Å²) in [6.07, 6.45) is 1.11. The molecule has 1 aromatic heterocycles. The number of aliphatic hydroxyl groups excluding tert-OH is 1. The van der Waals surface area contributed by atoms with E-state index < -0.39 is 0 Å². The lowest BCUT2D eigenvalue weighted by Gasteiger charge is -2.26. The monoisotopic (exact) mass is 313 g/mol. The van der Waals surface area contributed by atoms with Gasteiger partial charge in [-0.3, -0.25) is 0 Å². The van der Waals surface area contributed by atoms with E-state index in [0.717, 1.165) is 17.1 Å². The molecule has 120 valence electrons. The fraction of sp³-hybridized carbons (Fsp3) is 0.733. The molecule has 0 aliphatic carbocycles. The number of aliphatic hydroxyl groups is 1. The van der Waals surface area contributed by atoms with Crippen molar-refractivity contribution in [2.24, 2.45) is 5.41 Å². The molecule has 1 heterocycles. The molecule has 0 aliphatic heterocycles. The minimum absolute atomic E-state index is 0.114. The molecular weight excluding hydrogens is 286 g/mol. The maximum Gasteiger partial charge on any atom is 0.314 e. The van der Waals surface area contributed by atoms with Gasteiger partial charge in [-0.05, 0) is 32.6 Å². The summed E-state index contributed by atoms with van der Waals surface area (Å²) in [6, 6.07) is -0.160. The minimum atomic E-state index is -0.359. The second kappa shape index (κ2) is 7.75. The highest BCUT2D eigenvalue weighted by Gasteiger charge is 2.20. The van der Waals surface area contributed by atoms with Crippen LogP contribution < -0.4 is 10.6 Å². The number of nitrogens with one attached hydrogen (secondary N) is 2. The van der Waals surface area contributed by atoms with Crippen LogP contribution in [0.15, 0.2) is 0 Å². The fourth-order valence-corrected chi connectivity index (χ4v) is 3.29. The molecule has 0 fully saturated rings. The molecular formula is C15H27N3O2S. The average molecular weight is 313 g/mol. The second-order valence-corrected chi connectivity index (χ2v) is 7.61. The number of aromatic nitrogens is 1. The van der Waals surface area contributed by atoms with E-state index in [2.05, 4.69) is 15.6 Å². The van der Waals surface area contributed by atoms with Crippen molar-refractivity contribution in [3.05, 3.63) is 15.6 Å². The van der Waals surface area contributed by atoms with Gasteiger partial charge in [-0.2, -0.15) is 0 Å². The van der Waals surface area contributed by atoms with E-state index in [4.69, 9.17) is 0 Å². The molecule has 0 saturated heterocycles. The Balaban J connectivity index is 2.27. The first-order chi connectivity index (χ1) is 9.69. The number of carbonyl (C=O) groups excluding carboxylic acids is 1. The van der Waals surface area contributed by atoms with Crippen LogP contribution in [0.1, 0.15) is 42.8 Å². The maximum atomic E-state index is 11.8. The van der Waals surface area contributed by atoms with Gasteiger partial charge in [0.15, 0.2) is 0 Å². The summed E-state index contributed by atoms with van der Waals surface area (Å²) in [5.41, 5.74) is 0.939. The molecule has 0 bridgehead atoms. The molecule has 1 atom stereocenters. The first-order valence-electron chi connectivity index (χ1n) is 7.32. The summed E-state index contributed by atoms with van der Waals surface area (Å²) < 4.78 is 0. The van der Waals surface area contributed by atoms with Crippen molar-refractivity contribution < 1.29 is 9.90 Å². The summed E-state index contributed by atoms with van der Waals surface area (Å²) >= 11 is 1.68. The third kappa shape index (κ3) is 6.91. The predicted molar refractivity (Wildman–Crippen MR) is 86.8 cm³/mol. The van der Waals surface area contributed by atoms with Gasteiger partial charge < -0.3 is 15.7 Å². The SMILES string of the molecule is Cc1nc(C)c(CCNC(=O)NCC(C)(C)CC(C)O)s1. The van der Waals surface area contributed by atoms with Gasteiger partial charge in [0.25, 0.3) is 0 Å². The van der Waals surface area contributed by atoms with E-state index in [9.17, 15) is 9.90 Å². The number of hydrogen-bond donors (Lipinski definition) is 3. The highest BCUT2D eigenvalue weighted by Crippen LogP contribution is 2.21. The Kier molecular flexibility index (Phi) is 6.61. The van der Waals surface area contributed by atoms with Gasteiger partial charge in [-0.1, -0.05) is 13.8 Å². The van der Waals surface area contributed by atoms with Gasteiger partial charge in [0.1, 0.15) is 0 Å². The van der Waals surface area contributed by atoms with E-state index in [0.29, 0.717) is 19.5 Å². The largest absolute Gasteiger partial charge is 0.393 e. The molecule has 1 rings (SSSR count). The summed E-state index contributed by atoms with van der Waals surface area (Å²) in [6.45, 7) is 11.0. The number of thiazole rings is 1. The Hall–Kier alpha value is -1.14.